The van der Waals surface area contributed by atoms with E-state index < -0.39 is 5.97 Å². The Labute approximate surface area is 145 Å². The van der Waals surface area contributed by atoms with Gasteiger partial charge in [-0.05, 0) is 25.0 Å². The molecule has 1 aromatic heterocycles. The van der Waals surface area contributed by atoms with Gasteiger partial charge in [-0.1, -0.05) is 25.0 Å². The van der Waals surface area contributed by atoms with Gasteiger partial charge in [-0.3, -0.25) is 19.0 Å². The van der Waals surface area contributed by atoms with Gasteiger partial charge in [0.25, 0.3) is 5.56 Å². The molecule has 1 amide bonds. The molecule has 134 valence electrons. The topological polar surface area (TPSA) is 101 Å². The SMILES string of the molecule is O=C(O)CCCCCCNC(=O)CCn1cnc2ccccc2c1=O. The van der Waals surface area contributed by atoms with Gasteiger partial charge in [0.05, 0.1) is 17.2 Å². The number of carbonyl (C=O) groups is 2. The molecule has 7 heteroatoms. The number of hydrogen-bond donors (Lipinski definition) is 2. The zero-order chi connectivity index (χ0) is 18.1. The number of rotatable bonds is 10. The van der Waals surface area contributed by atoms with E-state index in [1.165, 1.54) is 10.9 Å². The Kier molecular flexibility index (Phi) is 7.13. The van der Waals surface area contributed by atoms with Crippen molar-refractivity contribution in [3.8, 4) is 0 Å². The molecule has 1 heterocycles. The molecule has 0 atom stereocenters. The lowest BCUT2D eigenvalue weighted by molar-refractivity contribution is -0.137. The van der Waals surface area contributed by atoms with Crippen LogP contribution in [0.4, 0.5) is 0 Å². The minimum Gasteiger partial charge on any atom is -0.481 e. The molecule has 1 aromatic carbocycles. The second-order valence-corrected chi connectivity index (χ2v) is 5.92. The van der Waals surface area contributed by atoms with Crippen molar-refractivity contribution in [1.29, 1.82) is 0 Å². The van der Waals surface area contributed by atoms with Gasteiger partial charge in [-0.25, -0.2) is 4.98 Å². The molecule has 0 aliphatic heterocycles. The summed E-state index contributed by atoms with van der Waals surface area (Å²) in [6, 6.07) is 7.13. The Hall–Kier alpha value is -2.70. The molecule has 0 aliphatic rings. The molecule has 2 N–H and O–H groups in total. The van der Waals surface area contributed by atoms with Crippen LogP contribution in [-0.4, -0.2) is 33.1 Å². The van der Waals surface area contributed by atoms with Gasteiger partial charge < -0.3 is 10.4 Å². The van der Waals surface area contributed by atoms with Gasteiger partial charge in [0.15, 0.2) is 0 Å². The van der Waals surface area contributed by atoms with E-state index in [2.05, 4.69) is 10.3 Å². The average Bonchev–Trinajstić information content (AvgIpc) is 2.60. The number of para-hydroxylation sites is 1. The van der Waals surface area contributed by atoms with Crippen LogP contribution in [0.25, 0.3) is 10.9 Å². The fourth-order valence-corrected chi connectivity index (χ4v) is 2.56. The first-order valence-corrected chi connectivity index (χ1v) is 8.50. The number of carboxylic acid groups (broad SMARTS) is 1. The highest BCUT2D eigenvalue weighted by Gasteiger charge is 2.06. The van der Waals surface area contributed by atoms with Crippen LogP contribution in [0.1, 0.15) is 38.5 Å². The highest BCUT2D eigenvalue weighted by atomic mass is 16.4. The maximum atomic E-state index is 12.3. The van der Waals surface area contributed by atoms with E-state index >= 15 is 0 Å². The largest absolute Gasteiger partial charge is 0.481 e. The van der Waals surface area contributed by atoms with E-state index in [0.717, 1.165) is 19.3 Å². The maximum absolute atomic E-state index is 12.3. The first-order valence-electron chi connectivity index (χ1n) is 8.50. The maximum Gasteiger partial charge on any atom is 0.303 e. The molecule has 7 nitrogen and oxygen atoms in total. The zero-order valence-corrected chi connectivity index (χ0v) is 14.1. The van der Waals surface area contributed by atoms with E-state index in [9.17, 15) is 14.4 Å². The van der Waals surface area contributed by atoms with E-state index in [0.29, 0.717) is 30.4 Å². The van der Waals surface area contributed by atoms with Crippen molar-refractivity contribution in [2.45, 2.75) is 45.1 Å². The van der Waals surface area contributed by atoms with Crippen molar-refractivity contribution in [1.82, 2.24) is 14.9 Å². The predicted molar refractivity (Wildman–Crippen MR) is 94.4 cm³/mol. The Morgan fingerprint density at radius 1 is 1.08 bits per heavy atom. The minimum atomic E-state index is -0.772. The number of benzene rings is 1. The Balaban J connectivity index is 1.69. The van der Waals surface area contributed by atoms with Gasteiger partial charge >= 0.3 is 5.97 Å². The third-order valence-corrected chi connectivity index (χ3v) is 3.95. The number of unbranched alkanes of at least 4 members (excludes halogenated alkanes) is 3. The normalized spacial score (nSPS) is 10.7. The summed E-state index contributed by atoms with van der Waals surface area (Å²) in [5.41, 5.74) is 0.507. The monoisotopic (exact) mass is 345 g/mol. The highest BCUT2D eigenvalue weighted by molar-refractivity contribution is 5.77. The predicted octanol–water partition coefficient (Wildman–Crippen LogP) is 1.94. The summed E-state index contributed by atoms with van der Waals surface area (Å²) < 4.78 is 1.45. The molecule has 0 bridgehead atoms. The van der Waals surface area contributed by atoms with Gasteiger partial charge in [-0.2, -0.15) is 0 Å². The van der Waals surface area contributed by atoms with Crippen LogP contribution in [0.3, 0.4) is 0 Å². The summed E-state index contributed by atoms with van der Waals surface area (Å²) in [6.45, 7) is 0.859. The summed E-state index contributed by atoms with van der Waals surface area (Å²) in [7, 11) is 0. The van der Waals surface area contributed by atoms with Gasteiger partial charge in [-0.15, -0.1) is 0 Å². The lowest BCUT2D eigenvalue weighted by Crippen LogP contribution is -2.28. The molecule has 25 heavy (non-hydrogen) atoms. The minimum absolute atomic E-state index is 0.106. The van der Waals surface area contributed by atoms with E-state index in [-0.39, 0.29) is 24.3 Å². The van der Waals surface area contributed by atoms with Crippen LogP contribution < -0.4 is 10.9 Å². The first-order chi connectivity index (χ1) is 12.1. The fourth-order valence-electron chi connectivity index (χ4n) is 2.56. The van der Waals surface area contributed by atoms with Crippen LogP contribution in [0, 0.1) is 0 Å². The van der Waals surface area contributed by atoms with Crippen LogP contribution in [0.2, 0.25) is 0 Å². The van der Waals surface area contributed by atoms with Crippen LogP contribution in [0.15, 0.2) is 35.4 Å². The number of aliphatic carboxylic acids is 1. The number of carbonyl (C=O) groups excluding carboxylic acids is 1. The molecule has 0 radical (unpaired) electrons. The summed E-state index contributed by atoms with van der Waals surface area (Å²) in [6.07, 6.45) is 5.12. The summed E-state index contributed by atoms with van der Waals surface area (Å²) in [5.74, 6) is -0.877. The van der Waals surface area contributed by atoms with Crippen molar-refractivity contribution in [3.05, 3.63) is 40.9 Å². The lowest BCUT2D eigenvalue weighted by atomic mass is 10.1. The summed E-state index contributed by atoms with van der Waals surface area (Å²) >= 11 is 0. The van der Waals surface area contributed by atoms with Crippen molar-refractivity contribution >= 4 is 22.8 Å². The number of nitrogens with one attached hydrogen (secondary N) is 1. The number of aromatic nitrogens is 2. The third kappa shape index (κ3) is 6.02. The van der Waals surface area contributed by atoms with Crippen molar-refractivity contribution in [2.75, 3.05) is 6.54 Å². The second kappa shape index (κ2) is 9.56. The molecule has 0 saturated heterocycles. The van der Waals surface area contributed by atoms with Gasteiger partial charge in [0.1, 0.15) is 0 Å². The molecule has 0 fully saturated rings. The molecule has 2 aromatic rings. The summed E-state index contributed by atoms with van der Waals surface area (Å²) in [4.78, 5) is 38.7. The fraction of sp³-hybridized carbons (Fsp3) is 0.444. The Bertz CT molecular complexity index is 785. The van der Waals surface area contributed by atoms with Crippen LogP contribution >= 0.6 is 0 Å². The van der Waals surface area contributed by atoms with Crippen molar-refractivity contribution < 1.29 is 14.7 Å². The van der Waals surface area contributed by atoms with Crippen LogP contribution in [0.5, 0.6) is 0 Å². The number of amides is 1. The number of aryl methyl sites for hydroxylation is 1. The van der Waals surface area contributed by atoms with E-state index in [4.69, 9.17) is 5.11 Å². The van der Waals surface area contributed by atoms with Gasteiger partial charge in [0, 0.05) is 25.9 Å². The third-order valence-electron chi connectivity index (χ3n) is 3.95. The first kappa shape index (κ1) is 18.6. The number of hydrogen-bond acceptors (Lipinski definition) is 4. The second-order valence-electron chi connectivity index (χ2n) is 5.92. The van der Waals surface area contributed by atoms with E-state index in [1.807, 2.05) is 6.07 Å². The number of carboxylic acids is 1. The molecular formula is C18H23N3O4. The Morgan fingerprint density at radius 2 is 1.84 bits per heavy atom. The van der Waals surface area contributed by atoms with Crippen molar-refractivity contribution in [2.24, 2.45) is 0 Å². The zero-order valence-electron chi connectivity index (χ0n) is 14.1. The van der Waals surface area contributed by atoms with E-state index in [1.54, 1.807) is 18.2 Å². The molecule has 0 saturated carbocycles. The summed E-state index contributed by atoms with van der Waals surface area (Å²) in [5, 5.41) is 11.9. The smallest absolute Gasteiger partial charge is 0.303 e. The number of nitrogens with zero attached hydrogens (tertiary/aromatic N) is 2. The molecule has 0 aliphatic carbocycles. The quantitative estimate of drug-likeness (QED) is 0.641. The molecule has 2 rings (SSSR count). The van der Waals surface area contributed by atoms with Crippen LogP contribution in [-0.2, 0) is 16.1 Å². The number of fused-ring (bicyclic) bond motifs is 1. The molecular weight excluding hydrogens is 322 g/mol. The highest BCUT2D eigenvalue weighted by Crippen LogP contribution is 2.05. The standard InChI is InChI=1S/C18H23N3O4/c22-16(19-11-6-2-1-3-9-17(23)24)10-12-21-13-20-15-8-5-4-7-14(15)18(21)25/h4-5,7-8,13H,1-3,6,9-12H2,(H,19,22)(H,23,24). The van der Waals surface area contributed by atoms with Gasteiger partial charge in [0.2, 0.25) is 5.91 Å². The lowest BCUT2D eigenvalue weighted by Gasteiger charge is -2.07. The average molecular weight is 345 g/mol. The van der Waals surface area contributed by atoms with Crippen molar-refractivity contribution in [3.63, 3.8) is 0 Å². The Morgan fingerprint density at radius 3 is 2.64 bits per heavy atom. The molecule has 0 unspecified atom stereocenters. The molecule has 0 spiro atoms.